The van der Waals surface area contributed by atoms with Crippen molar-refractivity contribution in [3.8, 4) is 10.6 Å². The first kappa shape index (κ1) is 15.5. The van der Waals surface area contributed by atoms with E-state index in [1.54, 1.807) is 0 Å². The molecule has 2 aromatic rings. The second-order valence-corrected chi connectivity index (χ2v) is 6.88. The van der Waals surface area contributed by atoms with Crippen LogP contribution >= 0.6 is 22.9 Å². The lowest BCUT2D eigenvalue weighted by Gasteiger charge is -2.10. The summed E-state index contributed by atoms with van der Waals surface area (Å²) in [7, 11) is 0. The molecule has 116 valence electrons. The molecule has 22 heavy (non-hydrogen) atoms. The maximum Gasteiger partial charge on any atom is 0.263 e. The molecule has 6 heteroatoms. The van der Waals surface area contributed by atoms with Crippen LogP contribution < -0.4 is 10.6 Å². The number of nitrogens with zero attached hydrogens (tertiary/aromatic N) is 1. The van der Waals surface area contributed by atoms with Crippen LogP contribution in [0.5, 0.6) is 0 Å². The molecule has 2 heterocycles. The van der Waals surface area contributed by atoms with Gasteiger partial charge in [0.2, 0.25) is 0 Å². The van der Waals surface area contributed by atoms with Crippen LogP contribution in [-0.4, -0.2) is 30.0 Å². The molecule has 0 aliphatic carbocycles. The summed E-state index contributed by atoms with van der Waals surface area (Å²) in [5.74, 6) is -0.0380. The van der Waals surface area contributed by atoms with E-state index in [-0.39, 0.29) is 5.91 Å². The quantitative estimate of drug-likeness (QED) is 0.901. The molecule has 1 aliphatic heterocycles. The van der Waals surface area contributed by atoms with E-state index in [1.165, 1.54) is 17.8 Å². The Balaban J connectivity index is 1.71. The minimum Gasteiger partial charge on any atom is -0.350 e. The molecule has 3 rings (SSSR count). The van der Waals surface area contributed by atoms with Gasteiger partial charge < -0.3 is 10.6 Å². The van der Waals surface area contributed by atoms with Gasteiger partial charge in [0.15, 0.2) is 0 Å². The van der Waals surface area contributed by atoms with Crippen LogP contribution in [-0.2, 0) is 0 Å². The van der Waals surface area contributed by atoms with Gasteiger partial charge in [-0.05, 0) is 38.4 Å². The summed E-state index contributed by atoms with van der Waals surface area (Å²) in [6, 6.07) is 7.90. The summed E-state index contributed by atoms with van der Waals surface area (Å²) in [6.07, 6.45) is 2.30. The normalized spacial score (nSPS) is 17.6. The highest BCUT2D eigenvalue weighted by atomic mass is 35.5. The molecule has 0 saturated carbocycles. The van der Waals surface area contributed by atoms with Gasteiger partial charge >= 0.3 is 0 Å². The molecule has 1 aromatic carbocycles. The SMILES string of the molecule is Cc1nc(-c2ccc(Cl)cc2)sc1C(=O)NCC1CCCN1. The average Bonchev–Trinajstić information content (AvgIpc) is 3.15. The standard InChI is InChI=1S/C16H18ClN3OS/c1-10-14(15(21)19-9-13-3-2-8-18-13)22-16(20-10)11-4-6-12(17)7-5-11/h4-7,13,18H,2-3,8-9H2,1H3,(H,19,21). The van der Waals surface area contributed by atoms with E-state index in [4.69, 9.17) is 11.6 Å². The summed E-state index contributed by atoms with van der Waals surface area (Å²) in [6.45, 7) is 3.59. The molecule has 4 nitrogen and oxygen atoms in total. The van der Waals surface area contributed by atoms with Crippen molar-refractivity contribution >= 4 is 28.8 Å². The molecule has 1 saturated heterocycles. The number of amides is 1. The Kier molecular flexibility index (Phi) is 4.76. The molecule has 1 unspecified atom stereocenters. The van der Waals surface area contributed by atoms with Crippen molar-refractivity contribution in [2.75, 3.05) is 13.1 Å². The van der Waals surface area contributed by atoms with Crippen LogP contribution in [0.2, 0.25) is 5.02 Å². The van der Waals surface area contributed by atoms with Crippen LogP contribution in [0.4, 0.5) is 0 Å². The van der Waals surface area contributed by atoms with Gasteiger partial charge in [0.1, 0.15) is 9.88 Å². The zero-order chi connectivity index (χ0) is 15.5. The monoisotopic (exact) mass is 335 g/mol. The molecular formula is C16H18ClN3OS. The van der Waals surface area contributed by atoms with Crippen LogP contribution in [0, 0.1) is 6.92 Å². The van der Waals surface area contributed by atoms with Gasteiger partial charge in [0.25, 0.3) is 5.91 Å². The number of benzene rings is 1. The van der Waals surface area contributed by atoms with Crippen LogP contribution in [0.3, 0.4) is 0 Å². The van der Waals surface area contributed by atoms with Gasteiger partial charge in [-0.15, -0.1) is 11.3 Å². The number of thiazole rings is 1. The number of carbonyl (C=O) groups excluding carboxylic acids is 1. The fraction of sp³-hybridized carbons (Fsp3) is 0.375. The summed E-state index contributed by atoms with van der Waals surface area (Å²) >= 11 is 7.32. The van der Waals surface area contributed by atoms with Crippen LogP contribution in [0.1, 0.15) is 28.2 Å². The second kappa shape index (κ2) is 6.77. The first-order valence-corrected chi connectivity index (χ1v) is 8.58. The highest BCUT2D eigenvalue weighted by molar-refractivity contribution is 7.17. The molecular weight excluding hydrogens is 318 g/mol. The van der Waals surface area contributed by atoms with E-state index in [2.05, 4.69) is 15.6 Å². The van der Waals surface area contributed by atoms with E-state index < -0.39 is 0 Å². The number of halogens is 1. The maximum absolute atomic E-state index is 12.3. The lowest BCUT2D eigenvalue weighted by atomic mass is 10.2. The smallest absolute Gasteiger partial charge is 0.263 e. The largest absolute Gasteiger partial charge is 0.350 e. The van der Waals surface area contributed by atoms with Crippen molar-refractivity contribution < 1.29 is 4.79 Å². The van der Waals surface area contributed by atoms with E-state index in [0.717, 1.165) is 29.2 Å². The summed E-state index contributed by atoms with van der Waals surface area (Å²) in [5, 5.41) is 7.92. The Hall–Kier alpha value is -1.43. The minimum absolute atomic E-state index is 0.0380. The molecule has 0 spiro atoms. The fourth-order valence-corrected chi connectivity index (χ4v) is 3.66. The number of rotatable bonds is 4. The number of hydrogen-bond donors (Lipinski definition) is 2. The van der Waals surface area contributed by atoms with Gasteiger partial charge in [0.05, 0.1) is 5.69 Å². The summed E-state index contributed by atoms with van der Waals surface area (Å²) in [5.41, 5.74) is 1.75. The molecule has 2 N–H and O–H groups in total. The Morgan fingerprint density at radius 3 is 2.91 bits per heavy atom. The lowest BCUT2D eigenvalue weighted by Crippen LogP contribution is -2.37. The third-order valence-electron chi connectivity index (χ3n) is 3.77. The topological polar surface area (TPSA) is 54.0 Å². The molecule has 0 radical (unpaired) electrons. The third-order valence-corrected chi connectivity index (χ3v) is 5.22. The predicted octanol–water partition coefficient (Wildman–Crippen LogP) is 3.25. The van der Waals surface area contributed by atoms with Crippen molar-refractivity contribution in [2.24, 2.45) is 0 Å². The van der Waals surface area contributed by atoms with E-state index >= 15 is 0 Å². The van der Waals surface area contributed by atoms with Crippen LogP contribution in [0.15, 0.2) is 24.3 Å². The molecule has 1 amide bonds. The number of nitrogens with one attached hydrogen (secondary N) is 2. The Morgan fingerprint density at radius 1 is 1.45 bits per heavy atom. The van der Waals surface area contributed by atoms with Crippen molar-refractivity contribution in [2.45, 2.75) is 25.8 Å². The van der Waals surface area contributed by atoms with Gasteiger partial charge in [0, 0.05) is 23.2 Å². The lowest BCUT2D eigenvalue weighted by molar-refractivity contribution is 0.0953. The van der Waals surface area contributed by atoms with Crippen molar-refractivity contribution in [1.29, 1.82) is 0 Å². The Labute approximate surface area is 138 Å². The van der Waals surface area contributed by atoms with Gasteiger partial charge in [-0.3, -0.25) is 4.79 Å². The fourth-order valence-electron chi connectivity index (χ4n) is 2.55. The first-order valence-electron chi connectivity index (χ1n) is 7.38. The van der Waals surface area contributed by atoms with E-state index in [9.17, 15) is 4.79 Å². The zero-order valence-corrected chi connectivity index (χ0v) is 13.9. The highest BCUT2D eigenvalue weighted by Crippen LogP contribution is 2.28. The molecule has 1 atom stereocenters. The third kappa shape index (κ3) is 3.48. The number of hydrogen-bond acceptors (Lipinski definition) is 4. The maximum atomic E-state index is 12.3. The first-order chi connectivity index (χ1) is 10.6. The summed E-state index contributed by atoms with van der Waals surface area (Å²) < 4.78 is 0. The molecule has 1 aliphatic rings. The van der Waals surface area contributed by atoms with Gasteiger partial charge in [-0.25, -0.2) is 4.98 Å². The van der Waals surface area contributed by atoms with Gasteiger partial charge in [-0.1, -0.05) is 23.7 Å². The van der Waals surface area contributed by atoms with E-state index in [1.807, 2.05) is 31.2 Å². The van der Waals surface area contributed by atoms with Gasteiger partial charge in [-0.2, -0.15) is 0 Å². The van der Waals surface area contributed by atoms with Crippen molar-refractivity contribution in [3.05, 3.63) is 39.9 Å². The second-order valence-electron chi connectivity index (χ2n) is 5.44. The highest BCUT2D eigenvalue weighted by Gasteiger charge is 2.19. The minimum atomic E-state index is -0.0380. The average molecular weight is 336 g/mol. The van der Waals surface area contributed by atoms with Crippen LogP contribution in [0.25, 0.3) is 10.6 Å². The Bertz CT molecular complexity index is 663. The molecule has 1 aromatic heterocycles. The Morgan fingerprint density at radius 2 is 2.23 bits per heavy atom. The number of carbonyl (C=O) groups is 1. The number of aromatic nitrogens is 1. The predicted molar refractivity (Wildman–Crippen MR) is 90.7 cm³/mol. The van der Waals surface area contributed by atoms with E-state index in [0.29, 0.717) is 22.5 Å². The zero-order valence-electron chi connectivity index (χ0n) is 12.4. The number of aryl methyl sites for hydroxylation is 1. The van der Waals surface area contributed by atoms with Crippen molar-refractivity contribution in [1.82, 2.24) is 15.6 Å². The van der Waals surface area contributed by atoms with Crippen molar-refractivity contribution in [3.63, 3.8) is 0 Å². The molecule has 1 fully saturated rings. The summed E-state index contributed by atoms with van der Waals surface area (Å²) in [4.78, 5) is 17.5. The molecule has 0 bridgehead atoms.